The Morgan fingerprint density at radius 1 is 1.28 bits per heavy atom. The summed E-state index contributed by atoms with van der Waals surface area (Å²) in [4.78, 5) is 13.8. The number of benzene rings is 1. The predicted molar refractivity (Wildman–Crippen MR) is 97.1 cm³/mol. The maximum absolute atomic E-state index is 11.6. The summed E-state index contributed by atoms with van der Waals surface area (Å²) in [5, 5.41) is 3.65. The van der Waals surface area contributed by atoms with E-state index in [1.807, 2.05) is 0 Å². The van der Waals surface area contributed by atoms with Crippen molar-refractivity contribution in [2.24, 2.45) is 5.73 Å². The Bertz CT molecular complexity index is 755. The van der Waals surface area contributed by atoms with E-state index in [0.717, 1.165) is 56.6 Å². The highest BCUT2D eigenvalue weighted by molar-refractivity contribution is 5.80. The minimum Gasteiger partial charge on any atom is -0.469 e. The van der Waals surface area contributed by atoms with Gasteiger partial charge in [-0.2, -0.15) is 0 Å². The zero-order valence-electron chi connectivity index (χ0n) is 14.4. The van der Waals surface area contributed by atoms with Gasteiger partial charge in [-0.1, -0.05) is 12.1 Å². The molecule has 2 heterocycles. The van der Waals surface area contributed by atoms with E-state index in [1.54, 1.807) is 6.26 Å². The number of primary amides is 1. The molecule has 2 unspecified atom stereocenters. The number of aryl methyl sites for hydroxylation is 1. The van der Waals surface area contributed by atoms with Crippen molar-refractivity contribution in [3.8, 4) is 0 Å². The Labute approximate surface area is 148 Å². The lowest BCUT2D eigenvalue weighted by molar-refractivity contribution is -0.122. The van der Waals surface area contributed by atoms with Crippen molar-refractivity contribution in [1.29, 1.82) is 0 Å². The van der Waals surface area contributed by atoms with Crippen LogP contribution < -0.4 is 11.1 Å². The molecule has 1 aliphatic carbocycles. The molecule has 0 spiro atoms. The first-order valence-corrected chi connectivity index (χ1v) is 9.16. The van der Waals surface area contributed by atoms with E-state index in [2.05, 4.69) is 40.5 Å². The molecule has 1 fully saturated rings. The summed E-state index contributed by atoms with van der Waals surface area (Å²) in [5.41, 5.74) is 9.14. The molecular formula is C20H25N3O2. The van der Waals surface area contributed by atoms with Gasteiger partial charge in [0, 0.05) is 24.2 Å². The van der Waals surface area contributed by atoms with Gasteiger partial charge in [0.05, 0.1) is 18.3 Å². The maximum atomic E-state index is 11.6. The molecular weight excluding hydrogens is 314 g/mol. The lowest BCUT2D eigenvalue weighted by atomic mass is 9.93. The number of amides is 1. The fourth-order valence-electron chi connectivity index (χ4n) is 4.17. The number of hydrogen-bond donors (Lipinski definition) is 2. The van der Waals surface area contributed by atoms with Crippen molar-refractivity contribution in [2.45, 2.75) is 50.7 Å². The third kappa shape index (κ3) is 3.42. The van der Waals surface area contributed by atoms with Crippen LogP contribution in [-0.2, 0) is 17.8 Å². The molecule has 1 aliphatic heterocycles. The highest BCUT2D eigenvalue weighted by Gasteiger charge is 2.29. The van der Waals surface area contributed by atoms with Crippen LogP contribution in [0.1, 0.15) is 48.6 Å². The zero-order valence-corrected chi connectivity index (χ0v) is 14.4. The van der Waals surface area contributed by atoms with Crippen LogP contribution in [0.15, 0.2) is 41.0 Å². The van der Waals surface area contributed by atoms with E-state index < -0.39 is 0 Å². The molecule has 4 rings (SSSR count). The number of nitrogens with one attached hydrogen (secondary N) is 1. The summed E-state index contributed by atoms with van der Waals surface area (Å²) in [6.07, 6.45) is 7.00. The SMILES string of the molecule is NC(=O)C1CCCN1Cc1cccc(NC2CCCc3occc32)c1. The van der Waals surface area contributed by atoms with Crippen LogP contribution in [0.2, 0.25) is 0 Å². The number of hydrogen-bond acceptors (Lipinski definition) is 4. The molecule has 3 N–H and O–H groups in total. The van der Waals surface area contributed by atoms with Crippen LogP contribution >= 0.6 is 0 Å². The summed E-state index contributed by atoms with van der Waals surface area (Å²) < 4.78 is 5.58. The second-order valence-corrected chi connectivity index (χ2v) is 7.12. The number of carbonyl (C=O) groups excluding carboxylic acids is 1. The van der Waals surface area contributed by atoms with Crippen molar-refractivity contribution in [2.75, 3.05) is 11.9 Å². The van der Waals surface area contributed by atoms with Gasteiger partial charge in [-0.3, -0.25) is 9.69 Å². The van der Waals surface area contributed by atoms with E-state index in [0.29, 0.717) is 6.04 Å². The van der Waals surface area contributed by atoms with Crippen LogP contribution in [0, 0.1) is 0 Å². The summed E-state index contributed by atoms with van der Waals surface area (Å²) in [5.74, 6) is 0.905. The molecule has 2 aromatic rings. The van der Waals surface area contributed by atoms with Gasteiger partial charge in [-0.25, -0.2) is 0 Å². The Morgan fingerprint density at radius 2 is 2.20 bits per heavy atom. The average Bonchev–Trinajstić information content (AvgIpc) is 3.24. The third-order valence-corrected chi connectivity index (χ3v) is 5.40. The third-order valence-electron chi connectivity index (χ3n) is 5.40. The lowest BCUT2D eigenvalue weighted by Gasteiger charge is -2.25. The molecule has 1 amide bonds. The Morgan fingerprint density at radius 3 is 3.08 bits per heavy atom. The summed E-state index contributed by atoms with van der Waals surface area (Å²) >= 11 is 0. The molecule has 132 valence electrons. The number of carbonyl (C=O) groups is 1. The largest absolute Gasteiger partial charge is 0.469 e. The second-order valence-electron chi connectivity index (χ2n) is 7.12. The van der Waals surface area contributed by atoms with Gasteiger partial charge in [-0.05, 0) is 56.0 Å². The molecule has 1 aromatic heterocycles. The van der Waals surface area contributed by atoms with Gasteiger partial charge >= 0.3 is 0 Å². The van der Waals surface area contributed by atoms with Gasteiger partial charge in [0.1, 0.15) is 5.76 Å². The van der Waals surface area contributed by atoms with Crippen LogP contribution in [0.25, 0.3) is 0 Å². The standard InChI is InChI=1S/C20H25N3O2/c21-20(24)18-7-3-10-23(18)13-14-4-1-5-15(12-14)22-17-6-2-8-19-16(17)9-11-25-19/h1,4-5,9,11-12,17-18,22H,2-3,6-8,10,13H2,(H2,21,24). The van der Waals surface area contributed by atoms with Crippen molar-refractivity contribution < 1.29 is 9.21 Å². The van der Waals surface area contributed by atoms with Crippen LogP contribution in [0.4, 0.5) is 5.69 Å². The Balaban J connectivity index is 1.46. The van der Waals surface area contributed by atoms with Gasteiger partial charge in [0.25, 0.3) is 0 Å². The number of likely N-dealkylation sites (tertiary alicyclic amines) is 1. The number of rotatable bonds is 5. The Hall–Kier alpha value is -2.27. The number of anilines is 1. The fraction of sp³-hybridized carbons (Fsp3) is 0.450. The second kappa shape index (κ2) is 6.92. The number of fused-ring (bicyclic) bond motifs is 1. The molecule has 1 saturated heterocycles. The quantitative estimate of drug-likeness (QED) is 0.877. The highest BCUT2D eigenvalue weighted by Crippen LogP contribution is 2.33. The van der Waals surface area contributed by atoms with Gasteiger partial charge in [-0.15, -0.1) is 0 Å². The molecule has 1 aromatic carbocycles. The molecule has 2 atom stereocenters. The van der Waals surface area contributed by atoms with Crippen LogP contribution in [-0.4, -0.2) is 23.4 Å². The van der Waals surface area contributed by atoms with Gasteiger partial charge < -0.3 is 15.5 Å². The van der Waals surface area contributed by atoms with Crippen LogP contribution in [0.3, 0.4) is 0 Å². The average molecular weight is 339 g/mol. The molecule has 0 radical (unpaired) electrons. The monoisotopic (exact) mass is 339 g/mol. The van der Waals surface area contributed by atoms with Crippen molar-refractivity contribution in [1.82, 2.24) is 4.90 Å². The number of nitrogens with zero attached hydrogens (tertiary/aromatic N) is 1. The van der Waals surface area contributed by atoms with E-state index in [4.69, 9.17) is 10.2 Å². The van der Waals surface area contributed by atoms with E-state index in [9.17, 15) is 4.79 Å². The first-order valence-electron chi connectivity index (χ1n) is 9.16. The van der Waals surface area contributed by atoms with E-state index in [-0.39, 0.29) is 11.9 Å². The number of furan rings is 1. The zero-order chi connectivity index (χ0) is 17.2. The van der Waals surface area contributed by atoms with Crippen LogP contribution in [0.5, 0.6) is 0 Å². The molecule has 2 aliphatic rings. The minimum atomic E-state index is -0.207. The van der Waals surface area contributed by atoms with Crippen molar-refractivity contribution in [3.63, 3.8) is 0 Å². The Kier molecular flexibility index (Phi) is 4.49. The smallest absolute Gasteiger partial charge is 0.234 e. The maximum Gasteiger partial charge on any atom is 0.234 e. The summed E-state index contributed by atoms with van der Waals surface area (Å²) in [7, 11) is 0. The van der Waals surface area contributed by atoms with Crippen molar-refractivity contribution in [3.05, 3.63) is 53.5 Å². The van der Waals surface area contributed by atoms with E-state index >= 15 is 0 Å². The molecule has 25 heavy (non-hydrogen) atoms. The summed E-state index contributed by atoms with van der Waals surface area (Å²) in [6, 6.07) is 10.7. The molecule has 5 nitrogen and oxygen atoms in total. The fourth-order valence-corrected chi connectivity index (χ4v) is 4.17. The molecule has 5 heteroatoms. The normalized spacial score (nSPS) is 23.4. The molecule has 0 bridgehead atoms. The molecule has 0 saturated carbocycles. The summed E-state index contributed by atoms with van der Waals surface area (Å²) in [6.45, 7) is 1.71. The first-order chi connectivity index (χ1) is 12.2. The minimum absolute atomic E-state index is 0.122. The lowest BCUT2D eigenvalue weighted by Crippen LogP contribution is -2.39. The predicted octanol–water partition coefficient (Wildman–Crippen LogP) is 3.22. The number of nitrogens with two attached hydrogens (primary N) is 1. The highest BCUT2D eigenvalue weighted by atomic mass is 16.3. The van der Waals surface area contributed by atoms with Gasteiger partial charge in [0.2, 0.25) is 5.91 Å². The first kappa shape index (κ1) is 16.2. The van der Waals surface area contributed by atoms with Crippen molar-refractivity contribution >= 4 is 11.6 Å². The topological polar surface area (TPSA) is 71.5 Å². The van der Waals surface area contributed by atoms with Gasteiger partial charge in [0.15, 0.2) is 0 Å². The van der Waals surface area contributed by atoms with E-state index in [1.165, 1.54) is 11.1 Å².